The molecule has 0 unspecified atom stereocenters. The first-order valence-electron chi connectivity index (χ1n) is 5.49. The first-order valence-corrected chi connectivity index (χ1v) is 6.66. The Morgan fingerprint density at radius 2 is 2.16 bits per heavy atom. The third kappa shape index (κ3) is 3.23. The number of halogens is 3. The third-order valence-electron chi connectivity index (χ3n) is 2.50. The van der Waals surface area contributed by atoms with Gasteiger partial charge in [0.1, 0.15) is 11.6 Å². The largest absolute Gasteiger partial charge is 0.437 e. The van der Waals surface area contributed by atoms with Gasteiger partial charge in [-0.2, -0.15) is 0 Å². The van der Waals surface area contributed by atoms with Gasteiger partial charge in [-0.25, -0.2) is 9.37 Å². The van der Waals surface area contributed by atoms with Crippen LogP contribution in [0.3, 0.4) is 0 Å². The molecule has 100 valence electrons. The molecule has 0 spiro atoms. The number of pyridine rings is 1. The fourth-order valence-electron chi connectivity index (χ4n) is 1.53. The number of hydrogen-bond donors (Lipinski definition) is 1. The van der Waals surface area contributed by atoms with Crippen LogP contribution in [0, 0.1) is 12.7 Å². The molecule has 1 heterocycles. The molecule has 19 heavy (non-hydrogen) atoms. The van der Waals surface area contributed by atoms with E-state index in [0.29, 0.717) is 22.6 Å². The molecule has 0 radical (unpaired) electrons. The molecule has 2 aromatic rings. The highest BCUT2D eigenvalue weighted by Gasteiger charge is 2.11. The van der Waals surface area contributed by atoms with Crippen molar-refractivity contribution < 1.29 is 9.13 Å². The van der Waals surface area contributed by atoms with Crippen LogP contribution < -0.4 is 10.5 Å². The van der Waals surface area contributed by atoms with Crippen LogP contribution >= 0.6 is 27.5 Å². The molecule has 0 aliphatic rings. The Labute approximate surface area is 123 Å². The molecule has 0 aliphatic heterocycles. The first kappa shape index (κ1) is 14.2. The molecule has 3 nitrogen and oxygen atoms in total. The average molecular weight is 346 g/mol. The lowest BCUT2D eigenvalue weighted by atomic mass is 10.2. The highest BCUT2D eigenvalue weighted by Crippen LogP contribution is 2.34. The summed E-state index contributed by atoms with van der Waals surface area (Å²) in [6.45, 7) is 2.26. The summed E-state index contributed by atoms with van der Waals surface area (Å²) >= 11 is 8.94. The van der Waals surface area contributed by atoms with Crippen molar-refractivity contribution >= 4 is 27.5 Å². The van der Waals surface area contributed by atoms with E-state index >= 15 is 0 Å². The number of aromatic nitrogens is 1. The summed E-state index contributed by atoms with van der Waals surface area (Å²) in [5, 5.41) is 0.0300. The van der Waals surface area contributed by atoms with E-state index in [2.05, 4.69) is 20.9 Å². The molecule has 1 aromatic heterocycles. The van der Waals surface area contributed by atoms with E-state index in [1.807, 2.05) is 13.0 Å². The number of nitrogens with zero attached hydrogens (tertiary/aromatic N) is 1. The molecule has 0 aliphatic carbocycles. The van der Waals surface area contributed by atoms with Crippen LogP contribution in [-0.2, 0) is 6.54 Å². The van der Waals surface area contributed by atoms with Crippen molar-refractivity contribution in [3.05, 3.63) is 50.8 Å². The number of rotatable bonds is 3. The predicted octanol–water partition coefficient (Wildman–Crippen LogP) is 4.20. The number of benzene rings is 1. The van der Waals surface area contributed by atoms with Gasteiger partial charge < -0.3 is 10.5 Å². The maximum absolute atomic E-state index is 13.4. The average Bonchev–Trinajstić information content (AvgIpc) is 2.38. The lowest BCUT2D eigenvalue weighted by Crippen LogP contribution is -1.99. The summed E-state index contributed by atoms with van der Waals surface area (Å²) in [6.07, 6.45) is 1.63. The van der Waals surface area contributed by atoms with Crippen molar-refractivity contribution in [1.29, 1.82) is 0 Å². The molecule has 0 saturated carbocycles. The third-order valence-corrected chi connectivity index (χ3v) is 3.41. The minimum absolute atomic E-state index is 0.0300. The van der Waals surface area contributed by atoms with E-state index in [9.17, 15) is 4.39 Å². The Kier molecular flexibility index (Phi) is 4.39. The molecule has 1 aromatic carbocycles. The van der Waals surface area contributed by atoms with Crippen LogP contribution in [0.1, 0.15) is 11.1 Å². The Bertz CT molecular complexity index is 622. The zero-order valence-corrected chi connectivity index (χ0v) is 12.4. The number of aryl methyl sites for hydroxylation is 1. The molecule has 2 N–H and O–H groups in total. The summed E-state index contributed by atoms with van der Waals surface area (Å²) in [5.41, 5.74) is 7.26. The lowest BCUT2D eigenvalue weighted by Gasteiger charge is -2.10. The summed E-state index contributed by atoms with van der Waals surface area (Å²) < 4.78 is 19.5. The van der Waals surface area contributed by atoms with Crippen LogP contribution in [-0.4, -0.2) is 4.98 Å². The van der Waals surface area contributed by atoms with E-state index in [4.69, 9.17) is 22.1 Å². The monoisotopic (exact) mass is 344 g/mol. The fraction of sp³-hybridized carbons (Fsp3) is 0.154. The van der Waals surface area contributed by atoms with E-state index < -0.39 is 5.82 Å². The summed E-state index contributed by atoms with van der Waals surface area (Å²) in [4.78, 5) is 4.16. The second-order valence-corrected chi connectivity index (χ2v) is 5.23. The van der Waals surface area contributed by atoms with Gasteiger partial charge in [-0.15, -0.1) is 0 Å². The summed E-state index contributed by atoms with van der Waals surface area (Å²) in [6, 6.07) is 4.53. The highest BCUT2D eigenvalue weighted by molar-refractivity contribution is 9.10. The topological polar surface area (TPSA) is 48.1 Å². The smallest absolute Gasteiger partial charge is 0.222 e. The Hall–Kier alpha value is -1.17. The minimum Gasteiger partial charge on any atom is -0.437 e. The Balaban J connectivity index is 2.33. The summed E-state index contributed by atoms with van der Waals surface area (Å²) in [5.74, 6) is 0.175. The quantitative estimate of drug-likeness (QED) is 0.848. The zero-order valence-electron chi connectivity index (χ0n) is 10.1. The molecular formula is C13H11BrClFN2O. The lowest BCUT2D eigenvalue weighted by molar-refractivity contribution is 0.451. The van der Waals surface area contributed by atoms with Gasteiger partial charge in [0.05, 0.1) is 9.50 Å². The van der Waals surface area contributed by atoms with Gasteiger partial charge in [0.25, 0.3) is 0 Å². The molecule has 0 atom stereocenters. The van der Waals surface area contributed by atoms with Gasteiger partial charge in [-0.05, 0) is 40.5 Å². The normalized spacial score (nSPS) is 10.6. The molecule has 0 saturated heterocycles. The van der Waals surface area contributed by atoms with Crippen molar-refractivity contribution in [3.8, 4) is 11.6 Å². The molecule has 0 amide bonds. The van der Waals surface area contributed by atoms with Crippen LogP contribution in [0.2, 0.25) is 5.02 Å². The second kappa shape index (κ2) is 5.86. The van der Waals surface area contributed by atoms with E-state index in [1.165, 1.54) is 12.1 Å². The van der Waals surface area contributed by atoms with Gasteiger partial charge in [0, 0.05) is 24.4 Å². The Morgan fingerprint density at radius 1 is 1.42 bits per heavy atom. The molecule has 0 fully saturated rings. The molecule has 6 heteroatoms. The maximum atomic E-state index is 13.4. The highest BCUT2D eigenvalue weighted by atomic mass is 79.9. The standard InChI is InChI=1S/C13H11BrClFN2O/c1-7-2-8(5-17)6-18-13(7)19-12-4-11(16)10(15)3-9(12)14/h2-4,6H,5,17H2,1H3. The second-order valence-electron chi connectivity index (χ2n) is 3.97. The van der Waals surface area contributed by atoms with Crippen LogP contribution in [0.25, 0.3) is 0 Å². The van der Waals surface area contributed by atoms with Gasteiger partial charge in [-0.3, -0.25) is 0 Å². The number of hydrogen-bond acceptors (Lipinski definition) is 3. The summed E-state index contributed by atoms with van der Waals surface area (Å²) in [7, 11) is 0. The van der Waals surface area contributed by atoms with Crippen LogP contribution in [0.15, 0.2) is 28.9 Å². The Morgan fingerprint density at radius 3 is 2.79 bits per heavy atom. The number of ether oxygens (including phenoxy) is 1. The van der Waals surface area contributed by atoms with E-state index in [-0.39, 0.29) is 5.02 Å². The van der Waals surface area contributed by atoms with Crippen molar-refractivity contribution in [3.63, 3.8) is 0 Å². The SMILES string of the molecule is Cc1cc(CN)cnc1Oc1cc(F)c(Cl)cc1Br. The van der Waals surface area contributed by atoms with Gasteiger partial charge >= 0.3 is 0 Å². The van der Waals surface area contributed by atoms with Crippen molar-refractivity contribution in [1.82, 2.24) is 4.98 Å². The first-order chi connectivity index (χ1) is 9.01. The van der Waals surface area contributed by atoms with E-state index in [0.717, 1.165) is 11.1 Å². The van der Waals surface area contributed by atoms with E-state index in [1.54, 1.807) is 6.20 Å². The van der Waals surface area contributed by atoms with Crippen molar-refractivity contribution in [2.45, 2.75) is 13.5 Å². The van der Waals surface area contributed by atoms with Crippen LogP contribution in [0.5, 0.6) is 11.6 Å². The maximum Gasteiger partial charge on any atom is 0.222 e. The van der Waals surface area contributed by atoms with Crippen LogP contribution in [0.4, 0.5) is 4.39 Å². The van der Waals surface area contributed by atoms with Gasteiger partial charge in [0.2, 0.25) is 5.88 Å². The minimum atomic E-state index is -0.545. The molecular weight excluding hydrogens is 335 g/mol. The molecule has 2 rings (SSSR count). The molecule has 0 bridgehead atoms. The number of nitrogens with two attached hydrogens (primary N) is 1. The predicted molar refractivity (Wildman–Crippen MR) is 76.0 cm³/mol. The fourth-order valence-corrected chi connectivity index (χ4v) is 2.25. The van der Waals surface area contributed by atoms with Gasteiger partial charge in [0.15, 0.2) is 0 Å². The van der Waals surface area contributed by atoms with Gasteiger partial charge in [-0.1, -0.05) is 11.6 Å². The van der Waals surface area contributed by atoms with Crippen molar-refractivity contribution in [2.75, 3.05) is 0 Å². The van der Waals surface area contributed by atoms with Crippen molar-refractivity contribution in [2.24, 2.45) is 5.73 Å². The zero-order chi connectivity index (χ0) is 14.0.